The van der Waals surface area contributed by atoms with E-state index in [1.165, 1.54) is 0 Å². The van der Waals surface area contributed by atoms with Gasteiger partial charge in [-0.1, -0.05) is 0 Å². The number of furan rings is 1. The molecule has 1 unspecified atom stereocenters. The minimum atomic E-state index is 0.111. The predicted octanol–water partition coefficient (Wildman–Crippen LogP) is 1.63. The molecule has 2 aromatic rings. The van der Waals surface area contributed by atoms with Crippen LogP contribution in [-0.4, -0.2) is 9.78 Å². The summed E-state index contributed by atoms with van der Waals surface area (Å²) in [5.74, 6) is 6.56. The molecular weight excluding hydrogens is 216 g/mol. The molecule has 0 bridgehead atoms. The van der Waals surface area contributed by atoms with Gasteiger partial charge in [-0.3, -0.25) is 16.0 Å². The SMILES string of the molecule is CCn1cc(C(CCc2ccco2)NN)cn1. The fourth-order valence-electron chi connectivity index (χ4n) is 1.82. The molecule has 92 valence electrons. The van der Waals surface area contributed by atoms with Gasteiger partial charge in [0, 0.05) is 30.8 Å². The highest BCUT2D eigenvalue weighted by atomic mass is 16.3. The van der Waals surface area contributed by atoms with Crippen LogP contribution in [0.2, 0.25) is 0 Å². The van der Waals surface area contributed by atoms with E-state index in [1.54, 1.807) is 6.26 Å². The Labute approximate surface area is 101 Å². The molecule has 2 heterocycles. The van der Waals surface area contributed by atoms with Crippen LogP contribution in [0.3, 0.4) is 0 Å². The Morgan fingerprint density at radius 2 is 2.47 bits per heavy atom. The molecule has 0 amide bonds. The number of nitrogens with one attached hydrogen (secondary N) is 1. The molecular formula is C12H18N4O. The lowest BCUT2D eigenvalue weighted by Gasteiger charge is -2.12. The van der Waals surface area contributed by atoms with Crippen LogP contribution in [0.25, 0.3) is 0 Å². The number of nitrogens with zero attached hydrogens (tertiary/aromatic N) is 2. The Morgan fingerprint density at radius 3 is 3.06 bits per heavy atom. The average molecular weight is 234 g/mol. The highest BCUT2D eigenvalue weighted by Crippen LogP contribution is 2.18. The second-order valence-corrected chi connectivity index (χ2v) is 3.97. The molecule has 2 aromatic heterocycles. The number of hydrogen-bond acceptors (Lipinski definition) is 4. The molecule has 0 spiro atoms. The first-order valence-corrected chi connectivity index (χ1v) is 5.84. The number of hydrazine groups is 1. The van der Waals surface area contributed by atoms with Gasteiger partial charge in [-0.2, -0.15) is 5.10 Å². The van der Waals surface area contributed by atoms with Crippen LogP contribution in [0.4, 0.5) is 0 Å². The maximum Gasteiger partial charge on any atom is 0.103 e. The summed E-state index contributed by atoms with van der Waals surface area (Å²) in [5, 5.41) is 4.25. The summed E-state index contributed by atoms with van der Waals surface area (Å²) >= 11 is 0. The van der Waals surface area contributed by atoms with Crippen molar-refractivity contribution < 1.29 is 4.42 Å². The monoisotopic (exact) mass is 234 g/mol. The summed E-state index contributed by atoms with van der Waals surface area (Å²) in [5.41, 5.74) is 3.94. The van der Waals surface area contributed by atoms with Crippen molar-refractivity contribution in [1.29, 1.82) is 0 Å². The van der Waals surface area contributed by atoms with Crippen molar-refractivity contribution in [3.63, 3.8) is 0 Å². The van der Waals surface area contributed by atoms with E-state index >= 15 is 0 Å². The van der Waals surface area contributed by atoms with E-state index in [0.717, 1.165) is 30.7 Å². The van der Waals surface area contributed by atoms with E-state index in [9.17, 15) is 0 Å². The number of hydrogen-bond donors (Lipinski definition) is 2. The van der Waals surface area contributed by atoms with Crippen molar-refractivity contribution in [2.45, 2.75) is 32.4 Å². The van der Waals surface area contributed by atoms with Crippen molar-refractivity contribution in [2.75, 3.05) is 0 Å². The molecule has 0 saturated heterocycles. The summed E-state index contributed by atoms with van der Waals surface area (Å²) in [4.78, 5) is 0. The third-order valence-electron chi connectivity index (χ3n) is 2.84. The molecule has 0 saturated carbocycles. The first kappa shape index (κ1) is 11.9. The standard InChI is InChI=1S/C12H18N4O/c1-2-16-9-10(8-14-16)12(15-13)6-5-11-4-3-7-17-11/h3-4,7-9,12,15H,2,5-6,13H2,1H3. The Morgan fingerprint density at radius 1 is 1.59 bits per heavy atom. The Hall–Kier alpha value is -1.59. The van der Waals surface area contributed by atoms with E-state index in [0.29, 0.717) is 0 Å². The van der Waals surface area contributed by atoms with Gasteiger partial charge in [-0.15, -0.1) is 0 Å². The van der Waals surface area contributed by atoms with Gasteiger partial charge in [0.05, 0.1) is 12.5 Å². The number of aryl methyl sites for hydroxylation is 2. The van der Waals surface area contributed by atoms with E-state index in [4.69, 9.17) is 10.3 Å². The quantitative estimate of drug-likeness (QED) is 0.589. The smallest absolute Gasteiger partial charge is 0.103 e. The molecule has 5 nitrogen and oxygen atoms in total. The summed E-state index contributed by atoms with van der Waals surface area (Å²) in [6.45, 7) is 2.93. The topological polar surface area (TPSA) is 69.0 Å². The van der Waals surface area contributed by atoms with Crippen LogP contribution in [0.5, 0.6) is 0 Å². The fourth-order valence-corrected chi connectivity index (χ4v) is 1.82. The Balaban J connectivity index is 1.96. The Kier molecular flexibility index (Phi) is 3.95. The second kappa shape index (κ2) is 5.65. The third-order valence-corrected chi connectivity index (χ3v) is 2.84. The van der Waals surface area contributed by atoms with Crippen molar-refractivity contribution in [2.24, 2.45) is 5.84 Å². The van der Waals surface area contributed by atoms with Crippen LogP contribution in [0, 0.1) is 0 Å². The highest BCUT2D eigenvalue weighted by Gasteiger charge is 2.12. The van der Waals surface area contributed by atoms with Gasteiger partial charge in [-0.25, -0.2) is 0 Å². The fraction of sp³-hybridized carbons (Fsp3) is 0.417. The van der Waals surface area contributed by atoms with Gasteiger partial charge in [0.25, 0.3) is 0 Å². The van der Waals surface area contributed by atoms with Gasteiger partial charge < -0.3 is 4.42 Å². The van der Waals surface area contributed by atoms with E-state index in [1.807, 2.05) is 29.2 Å². The zero-order valence-corrected chi connectivity index (χ0v) is 9.97. The van der Waals surface area contributed by atoms with Gasteiger partial charge in [0.2, 0.25) is 0 Å². The van der Waals surface area contributed by atoms with Crippen LogP contribution in [0.1, 0.15) is 30.7 Å². The maximum absolute atomic E-state index is 5.58. The maximum atomic E-state index is 5.58. The van der Waals surface area contributed by atoms with Crippen molar-refractivity contribution >= 4 is 0 Å². The Bertz CT molecular complexity index is 435. The van der Waals surface area contributed by atoms with Crippen molar-refractivity contribution in [1.82, 2.24) is 15.2 Å². The van der Waals surface area contributed by atoms with Gasteiger partial charge in [0.15, 0.2) is 0 Å². The zero-order valence-electron chi connectivity index (χ0n) is 9.97. The molecule has 0 radical (unpaired) electrons. The molecule has 3 N–H and O–H groups in total. The van der Waals surface area contributed by atoms with Crippen LogP contribution in [0.15, 0.2) is 35.2 Å². The van der Waals surface area contributed by atoms with Crippen LogP contribution in [-0.2, 0) is 13.0 Å². The zero-order chi connectivity index (χ0) is 12.1. The first-order valence-electron chi connectivity index (χ1n) is 5.84. The largest absolute Gasteiger partial charge is 0.469 e. The van der Waals surface area contributed by atoms with Gasteiger partial charge in [0.1, 0.15) is 5.76 Å². The molecule has 0 fully saturated rings. The lowest BCUT2D eigenvalue weighted by molar-refractivity contribution is 0.458. The van der Waals surface area contributed by atoms with Gasteiger partial charge >= 0.3 is 0 Å². The lowest BCUT2D eigenvalue weighted by atomic mass is 10.1. The summed E-state index contributed by atoms with van der Waals surface area (Å²) in [6.07, 6.45) is 7.32. The summed E-state index contributed by atoms with van der Waals surface area (Å²) < 4.78 is 7.20. The van der Waals surface area contributed by atoms with Crippen LogP contribution < -0.4 is 11.3 Å². The minimum absolute atomic E-state index is 0.111. The first-order chi connectivity index (χ1) is 8.33. The molecule has 2 rings (SSSR count). The predicted molar refractivity (Wildman–Crippen MR) is 65.0 cm³/mol. The number of rotatable bonds is 6. The van der Waals surface area contributed by atoms with E-state index in [2.05, 4.69) is 17.4 Å². The molecule has 5 heteroatoms. The third kappa shape index (κ3) is 2.95. The molecule has 0 aliphatic heterocycles. The normalized spacial score (nSPS) is 12.8. The van der Waals surface area contributed by atoms with Gasteiger partial charge in [-0.05, 0) is 25.5 Å². The summed E-state index contributed by atoms with van der Waals surface area (Å²) in [6, 6.07) is 3.98. The second-order valence-electron chi connectivity index (χ2n) is 3.97. The highest BCUT2D eigenvalue weighted by molar-refractivity contribution is 5.11. The molecule has 0 aromatic carbocycles. The average Bonchev–Trinajstić information content (AvgIpc) is 3.00. The summed E-state index contributed by atoms with van der Waals surface area (Å²) in [7, 11) is 0. The number of aromatic nitrogens is 2. The van der Waals surface area contributed by atoms with E-state index < -0.39 is 0 Å². The molecule has 0 aliphatic rings. The lowest BCUT2D eigenvalue weighted by Crippen LogP contribution is -2.28. The number of nitrogens with two attached hydrogens (primary N) is 1. The molecule has 17 heavy (non-hydrogen) atoms. The molecule has 0 aliphatic carbocycles. The van der Waals surface area contributed by atoms with Crippen LogP contribution >= 0.6 is 0 Å². The van der Waals surface area contributed by atoms with Crippen molar-refractivity contribution in [3.8, 4) is 0 Å². The van der Waals surface area contributed by atoms with E-state index in [-0.39, 0.29) is 6.04 Å². The molecule has 1 atom stereocenters. The minimum Gasteiger partial charge on any atom is -0.469 e. The van der Waals surface area contributed by atoms with Crippen molar-refractivity contribution in [3.05, 3.63) is 42.1 Å².